The first-order valence-electron chi connectivity index (χ1n) is 4.15. The average Bonchev–Trinajstić information content (AvgIpc) is 2.65. The summed E-state index contributed by atoms with van der Waals surface area (Å²) in [7, 11) is 0. The highest BCUT2D eigenvalue weighted by atomic mass is 35.5. The molecule has 15 heavy (non-hydrogen) atoms. The Labute approximate surface area is 95.1 Å². The molecule has 0 aliphatic rings. The predicted molar refractivity (Wildman–Crippen MR) is 61.4 cm³/mol. The zero-order chi connectivity index (χ0) is 10.8. The lowest BCUT2D eigenvalue weighted by atomic mass is 10.1. The molecule has 0 radical (unpaired) electrons. The molecule has 5 heteroatoms. The predicted octanol–water partition coefficient (Wildman–Crippen LogP) is 3.98. The Hall–Kier alpha value is -1.39. The van der Waals surface area contributed by atoms with Crippen molar-refractivity contribution >= 4 is 28.6 Å². The lowest BCUT2D eigenvalue weighted by Gasteiger charge is -1.98. The van der Waals surface area contributed by atoms with E-state index in [1.54, 1.807) is 29.6 Å². The Morgan fingerprint density at radius 1 is 1.33 bits per heavy atom. The Bertz CT molecular complexity index is 510. The van der Waals surface area contributed by atoms with Crippen LogP contribution in [0.2, 0.25) is 5.02 Å². The minimum atomic E-state index is -0.382. The molecule has 3 nitrogen and oxygen atoms in total. The Morgan fingerprint density at radius 3 is 2.80 bits per heavy atom. The molecule has 0 aliphatic heterocycles. The summed E-state index contributed by atoms with van der Waals surface area (Å²) in [5.74, 6) is 0. The van der Waals surface area contributed by atoms with Crippen LogP contribution in [0.25, 0.3) is 11.1 Å². The van der Waals surface area contributed by atoms with E-state index in [0.717, 1.165) is 5.56 Å². The summed E-state index contributed by atoms with van der Waals surface area (Å²) in [5, 5.41) is 14.6. The number of nitro groups is 1. The van der Waals surface area contributed by atoms with Crippen LogP contribution in [0, 0.1) is 10.1 Å². The van der Waals surface area contributed by atoms with E-state index in [0.29, 0.717) is 10.6 Å². The molecular formula is C10H6ClNO2S. The second kappa shape index (κ2) is 4.00. The molecule has 0 saturated carbocycles. The van der Waals surface area contributed by atoms with Crippen molar-refractivity contribution < 1.29 is 4.92 Å². The van der Waals surface area contributed by atoms with Crippen molar-refractivity contribution in [2.24, 2.45) is 0 Å². The number of halogens is 1. The van der Waals surface area contributed by atoms with Gasteiger partial charge in [0.1, 0.15) is 0 Å². The fourth-order valence-corrected chi connectivity index (χ4v) is 2.30. The van der Waals surface area contributed by atoms with Gasteiger partial charge in [0.25, 0.3) is 5.69 Å². The molecule has 0 saturated heterocycles. The molecule has 0 spiro atoms. The SMILES string of the molecule is O=[N+]([O-])c1cscc1-c1cccc(Cl)c1. The van der Waals surface area contributed by atoms with Crippen molar-refractivity contribution in [1.29, 1.82) is 0 Å². The van der Waals surface area contributed by atoms with E-state index >= 15 is 0 Å². The number of hydrogen-bond acceptors (Lipinski definition) is 3. The van der Waals surface area contributed by atoms with E-state index in [1.807, 2.05) is 0 Å². The molecule has 0 atom stereocenters. The average molecular weight is 240 g/mol. The molecule has 2 aromatic rings. The van der Waals surface area contributed by atoms with Crippen LogP contribution in [0.5, 0.6) is 0 Å². The highest BCUT2D eigenvalue weighted by molar-refractivity contribution is 7.08. The minimum absolute atomic E-state index is 0.127. The van der Waals surface area contributed by atoms with E-state index in [-0.39, 0.29) is 10.6 Å². The van der Waals surface area contributed by atoms with Gasteiger partial charge in [0.15, 0.2) is 0 Å². The van der Waals surface area contributed by atoms with Crippen molar-refractivity contribution in [3.8, 4) is 11.1 Å². The lowest BCUT2D eigenvalue weighted by molar-refractivity contribution is -0.383. The first-order chi connectivity index (χ1) is 7.18. The summed E-state index contributed by atoms with van der Waals surface area (Å²) in [6.07, 6.45) is 0. The lowest BCUT2D eigenvalue weighted by Crippen LogP contribution is -1.87. The second-order valence-electron chi connectivity index (χ2n) is 2.94. The van der Waals surface area contributed by atoms with E-state index < -0.39 is 0 Å². The van der Waals surface area contributed by atoms with Crippen molar-refractivity contribution in [3.63, 3.8) is 0 Å². The molecular weight excluding hydrogens is 234 g/mol. The van der Waals surface area contributed by atoms with Crippen LogP contribution in [0.15, 0.2) is 35.0 Å². The fraction of sp³-hybridized carbons (Fsp3) is 0. The first kappa shape index (κ1) is 10.1. The monoisotopic (exact) mass is 239 g/mol. The molecule has 2 rings (SSSR count). The Balaban J connectivity index is 2.54. The number of benzene rings is 1. The van der Waals surface area contributed by atoms with Crippen LogP contribution >= 0.6 is 22.9 Å². The van der Waals surface area contributed by atoms with Gasteiger partial charge in [0.2, 0.25) is 0 Å². The second-order valence-corrected chi connectivity index (χ2v) is 4.12. The van der Waals surface area contributed by atoms with Crippen LogP contribution in [0.1, 0.15) is 0 Å². The molecule has 0 unspecified atom stereocenters. The molecule has 1 heterocycles. The van der Waals surface area contributed by atoms with Gasteiger partial charge in [-0.1, -0.05) is 23.7 Å². The van der Waals surface area contributed by atoms with E-state index in [9.17, 15) is 10.1 Å². The van der Waals surface area contributed by atoms with Crippen LogP contribution < -0.4 is 0 Å². The number of nitrogens with zero attached hydrogens (tertiary/aromatic N) is 1. The third kappa shape index (κ3) is 2.00. The Morgan fingerprint density at radius 2 is 2.13 bits per heavy atom. The van der Waals surface area contributed by atoms with Gasteiger partial charge < -0.3 is 0 Å². The molecule has 0 bridgehead atoms. The fourth-order valence-electron chi connectivity index (χ4n) is 1.30. The van der Waals surface area contributed by atoms with Gasteiger partial charge >= 0.3 is 0 Å². The van der Waals surface area contributed by atoms with Gasteiger partial charge in [0.05, 0.1) is 15.9 Å². The standard InChI is InChI=1S/C10H6ClNO2S/c11-8-3-1-2-7(4-8)9-5-15-6-10(9)12(13)14/h1-6H. The third-order valence-electron chi connectivity index (χ3n) is 1.97. The minimum Gasteiger partial charge on any atom is -0.258 e. The molecule has 0 N–H and O–H groups in total. The summed E-state index contributed by atoms with van der Waals surface area (Å²) >= 11 is 7.14. The maximum absolute atomic E-state index is 10.7. The van der Waals surface area contributed by atoms with Crippen molar-refractivity contribution in [2.45, 2.75) is 0 Å². The zero-order valence-electron chi connectivity index (χ0n) is 7.51. The van der Waals surface area contributed by atoms with Crippen LogP contribution in [-0.2, 0) is 0 Å². The third-order valence-corrected chi connectivity index (χ3v) is 2.94. The highest BCUT2D eigenvalue weighted by Crippen LogP contribution is 2.34. The summed E-state index contributed by atoms with van der Waals surface area (Å²) in [4.78, 5) is 10.3. The van der Waals surface area contributed by atoms with Crippen LogP contribution in [-0.4, -0.2) is 4.92 Å². The maximum Gasteiger partial charge on any atom is 0.287 e. The van der Waals surface area contributed by atoms with E-state index in [4.69, 9.17) is 11.6 Å². The van der Waals surface area contributed by atoms with E-state index in [1.165, 1.54) is 16.7 Å². The normalized spacial score (nSPS) is 10.2. The van der Waals surface area contributed by atoms with Crippen molar-refractivity contribution in [2.75, 3.05) is 0 Å². The number of rotatable bonds is 2. The summed E-state index contributed by atoms with van der Waals surface area (Å²) in [6, 6.07) is 7.04. The van der Waals surface area contributed by atoms with Gasteiger partial charge in [-0.3, -0.25) is 10.1 Å². The van der Waals surface area contributed by atoms with Gasteiger partial charge in [-0.15, -0.1) is 11.3 Å². The van der Waals surface area contributed by atoms with Crippen LogP contribution in [0.4, 0.5) is 5.69 Å². The quantitative estimate of drug-likeness (QED) is 0.588. The van der Waals surface area contributed by atoms with Gasteiger partial charge in [-0.25, -0.2) is 0 Å². The summed E-state index contributed by atoms with van der Waals surface area (Å²) < 4.78 is 0. The Kier molecular flexibility index (Phi) is 2.70. The molecule has 1 aromatic heterocycles. The highest BCUT2D eigenvalue weighted by Gasteiger charge is 2.15. The van der Waals surface area contributed by atoms with Crippen LogP contribution in [0.3, 0.4) is 0 Å². The van der Waals surface area contributed by atoms with Crippen molar-refractivity contribution in [3.05, 3.63) is 50.2 Å². The maximum atomic E-state index is 10.7. The largest absolute Gasteiger partial charge is 0.287 e. The molecule has 76 valence electrons. The number of thiophene rings is 1. The topological polar surface area (TPSA) is 43.1 Å². The molecule has 1 aromatic carbocycles. The molecule has 0 aliphatic carbocycles. The van der Waals surface area contributed by atoms with Gasteiger partial charge in [0, 0.05) is 10.4 Å². The molecule has 0 fully saturated rings. The van der Waals surface area contributed by atoms with Gasteiger partial charge in [-0.2, -0.15) is 0 Å². The molecule has 0 amide bonds. The van der Waals surface area contributed by atoms with Crippen molar-refractivity contribution in [1.82, 2.24) is 0 Å². The first-order valence-corrected chi connectivity index (χ1v) is 5.47. The zero-order valence-corrected chi connectivity index (χ0v) is 9.09. The van der Waals surface area contributed by atoms with E-state index in [2.05, 4.69) is 0 Å². The smallest absolute Gasteiger partial charge is 0.258 e. The van der Waals surface area contributed by atoms with Gasteiger partial charge in [-0.05, 0) is 17.7 Å². The number of hydrogen-bond donors (Lipinski definition) is 0. The summed E-state index contributed by atoms with van der Waals surface area (Å²) in [6.45, 7) is 0. The summed E-state index contributed by atoms with van der Waals surface area (Å²) in [5.41, 5.74) is 1.52.